The van der Waals surface area contributed by atoms with Crippen molar-refractivity contribution in [1.82, 2.24) is 0 Å². The Morgan fingerprint density at radius 2 is 1.88 bits per heavy atom. The van der Waals surface area contributed by atoms with Gasteiger partial charge in [0, 0.05) is 18.8 Å². The first-order valence-corrected chi connectivity index (χ1v) is 7.96. The predicted octanol–water partition coefficient (Wildman–Crippen LogP) is 3.31. The number of halogens is 2. The van der Waals surface area contributed by atoms with Crippen molar-refractivity contribution in [2.24, 2.45) is 0 Å². The van der Waals surface area contributed by atoms with Gasteiger partial charge in [0.1, 0.15) is 18.5 Å². The summed E-state index contributed by atoms with van der Waals surface area (Å²) in [6.45, 7) is 2.93. The van der Waals surface area contributed by atoms with E-state index in [9.17, 15) is 10.2 Å². The molecule has 132 valence electrons. The van der Waals surface area contributed by atoms with Gasteiger partial charge in [-0.1, -0.05) is 35.9 Å². The number of hydrogen-bond acceptors (Lipinski definition) is 4. The smallest absolute Gasteiger partial charge is 0.138 e. The van der Waals surface area contributed by atoms with Crippen LogP contribution in [0.25, 0.3) is 0 Å². The molecule has 1 unspecified atom stereocenters. The van der Waals surface area contributed by atoms with Crippen molar-refractivity contribution in [3.8, 4) is 5.75 Å². The van der Waals surface area contributed by atoms with Crippen LogP contribution in [0.1, 0.15) is 5.56 Å². The second kappa shape index (κ2) is 10.4. The summed E-state index contributed by atoms with van der Waals surface area (Å²) in [5, 5.41) is 20.0. The van der Waals surface area contributed by atoms with Gasteiger partial charge in [0.05, 0.1) is 11.6 Å². The van der Waals surface area contributed by atoms with E-state index < -0.39 is 6.10 Å². The molecule has 24 heavy (non-hydrogen) atoms. The highest BCUT2D eigenvalue weighted by atomic mass is 35.5. The van der Waals surface area contributed by atoms with Crippen LogP contribution in [0.2, 0.25) is 5.02 Å². The first-order chi connectivity index (χ1) is 11.1. The average molecular weight is 372 g/mol. The first-order valence-electron chi connectivity index (χ1n) is 7.58. The van der Waals surface area contributed by atoms with Crippen molar-refractivity contribution >= 4 is 29.7 Å². The van der Waals surface area contributed by atoms with Crippen molar-refractivity contribution in [3.05, 3.63) is 59.1 Å². The summed E-state index contributed by atoms with van der Waals surface area (Å²) in [5.41, 5.74) is 2.01. The molecule has 6 heteroatoms. The molecule has 0 aromatic heterocycles. The molecule has 1 atom stereocenters. The molecule has 4 nitrogen and oxygen atoms in total. The fraction of sp³-hybridized carbons (Fsp3) is 0.333. The van der Waals surface area contributed by atoms with Gasteiger partial charge in [0.15, 0.2) is 0 Å². The van der Waals surface area contributed by atoms with Gasteiger partial charge in [-0.15, -0.1) is 12.4 Å². The van der Waals surface area contributed by atoms with Gasteiger partial charge in [-0.25, -0.2) is 0 Å². The number of ether oxygens (including phenoxy) is 1. The molecule has 2 rings (SSSR count). The third kappa shape index (κ3) is 6.21. The number of aliphatic hydroxyl groups is 2. The molecule has 0 fully saturated rings. The minimum Gasteiger partial charge on any atom is -0.489 e. The van der Waals surface area contributed by atoms with Crippen LogP contribution in [0.15, 0.2) is 48.5 Å². The van der Waals surface area contributed by atoms with E-state index in [2.05, 4.69) is 0 Å². The van der Waals surface area contributed by atoms with Crippen molar-refractivity contribution in [1.29, 1.82) is 0 Å². The summed E-state index contributed by atoms with van der Waals surface area (Å²) in [6.07, 6.45) is -0.695. The van der Waals surface area contributed by atoms with Crippen LogP contribution >= 0.6 is 24.0 Å². The molecule has 2 aromatic rings. The molecule has 0 saturated carbocycles. The van der Waals surface area contributed by atoms with Crippen LogP contribution in [0, 0.1) is 6.92 Å². The van der Waals surface area contributed by atoms with Gasteiger partial charge in [-0.2, -0.15) is 0 Å². The third-order valence-electron chi connectivity index (χ3n) is 3.44. The number of aliphatic hydroxyl groups excluding tert-OH is 2. The van der Waals surface area contributed by atoms with Crippen LogP contribution in [-0.4, -0.2) is 42.6 Å². The summed E-state index contributed by atoms with van der Waals surface area (Å²) >= 11 is 6.11. The summed E-state index contributed by atoms with van der Waals surface area (Å²) < 4.78 is 5.60. The van der Waals surface area contributed by atoms with Crippen LogP contribution in [0.3, 0.4) is 0 Å². The maximum absolute atomic E-state index is 10.2. The minimum absolute atomic E-state index is 0. The van der Waals surface area contributed by atoms with Crippen molar-refractivity contribution in [3.63, 3.8) is 0 Å². The molecular weight excluding hydrogens is 349 g/mol. The molecule has 0 aliphatic heterocycles. The summed E-state index contributed by atoms with van der Waals surface area (Å²) in [6, 6.07) is 15.2. The zero-order valence-electron chi connectivity index (χ0n) is 13.6. The number of hydrogen-bond donors (Lipinski definition) is 2. The Balaban J connectivity index is 0.00000288. The van der Waals surface area contributed by atoms with Crippen molar-refractivity contribution in [2.45, 2.75) is 13.0 Å². The lowest BCUT2D eigenvalue weighted by atomic mass is 10.2. The van der Waals surface area contributed by atoms with Crippen LogP contribution in [0.4, 0.5) is 5.69 Å². The summed E-state index contributed by atoms with van der Waals surface area (Å²) in [7, 11) is 0. The van der Waals surface area contributed by atoms with Gasteiger partial charge < -0.3 is 19.8 Å². The largest absolute Gasteiger partial charge is 0.489 e. The van der Waals surface area contributed by atoms with Gasteiger partial charge in [0.25, 0.3) is 0 Å². The summed E-state index contributed by atoms with van der Waals surface area (Å²) in [4.78, 5) is 1.92. The van der Waals surface area contributed by atoms with E-state index in [4.69, 9.17) is 16.3 Å². The number of para-hydroxylation sites is 1. The van der Waals surface area contributed by atoms with E-state index in [-0.39, 0.29) is 25.6 Å². The predicted molar refractivity (Wildman–Crippen MR) is 101 cm³/mol. The average Bonchev–Trinajstić information content (AvgIpc) is 2.54. The maximum Gasteiger partial charge on any atom is 0.138 e. The van der Waals surface area contributed by atoms with Gasteiger partial charge >= 0.3 is 0 Å². The lowest BCUT2D eigenvalue weighted by molar-refractivity contribution is 0.111. The number of nitrogens with zero attached hydrogens (tertiary/aromatic N) is 1. The second-order valence-electron chi connectivity index (χ2n) is 5.40. The highest BCUT2D eigenvalue weighted by Crippen LogP contribution is 2.25. The van der Waals surface area contributed by atoms with E-state index in [1.54, 1.807) is 6.07 Å². The lowest BCUT2D eigenvalue weighted by Crippen LogP contribution is -2.37. The van der Waals surface area contributed by atoms with Crippen molar-refractivity contribution in [2.75, 3.05) is 31.2 Å². The number of rotatable bonds is 8. The molecule has 0 amide bonds. The van der Waals surface area contributed by atoms with E-state index in [0.717, 1.165) is 11.3 Å². The molecule has 0 spiro atoms. The first kappa shape index (κ1) is 20.6. The zero-order valence-corrected chi connectivity index (χ0v) is 15.1. The summed E-state index contributed by atoms with van der Waals surface area (Å²) in [5.74, 6) is 0.560. The topological polar surface area (TPSA) is 52.9 Å². The van der Waals surface area contributed by atoms with E-state index in [1.165, 1.54) is 0 Å². The van der Waals surface area contributed by atoms with E-state index in [1.807, 2.05) is 54.3 Å². The number of benzene rings is 2. The molecule has 0 aliphatic carbocycles. The molecule has 0 radical (unpaired) electrons. The molecule has 0 bridgehead atoms. The lowest BCUT2D eigenvalue weighted by Gasteiger charge is -2.26. The van der Waals surface area contributed by atoms with Crippen LogP contribution in [0.5, 0.6) is 5.75 Å². The fourth-order valence-electron chi connectivity index (χ4n) is 2.30. The quantitative estimate of drug-likeness (QED) is 0.747. The van der Waals surface area contributed by atoms with E-state index >= 15 is 0 Å². The monoisotopic (exact) mass is 371 g/mol. The molecule has 0 saturated heterocycles. The van der Waals surface area contributed by atoms with Crippen LogP contribution < -0.4 is 9.64 Å². The van der Waals surface area contributed by atoms with Crippen molar-refractivity contribution < 1.29 is 14.9 Å². The van der Waals surface area contributed by atoms with Gasteiger partial charge in [0.2, 0.25) is 0 Å². The molecule has 0 heterocycles. The second-order valence-corrected chi connectivity index (χ2v) is 5.81. The Labute approximate surface area is 154 Å². The molecular formula is C18H23Cl2NO3. The van der Waals surface area contributed by atoms with Crippen LogP contribution in [-0.2, 0) is 0 Å². The van der Waals surface area contributed by atoms with E-state index in [0.29, 0.717) is 23.9 Å². The maximum atomic E-state index is 10.2. The molecule has 2 N–H and O–H groups in total. The minimum atomic E-state index is -0.695. The zero-order chi connectivity index (χ0) is 16.7. The highest BCUT2D eigenvalue weighted by Gasteiger charge is 2.13. The SMILES string of the molecule is Cc1ccc(OCC(O)CN(CCO)c2ccccc2)c(Cl)c1.Cl. The Hall–Kier alpha value is -1.46. The fourth-order valence-corrected chi connectivity index (χ4v) is 2.59. The Kier molecular flexibility index (Phi) is 8.93. The molecule has 0 aliphatic rings. The van der Waals surface area contributed by atoms with Gasteiger partial charge in [-0.3, -0.25) is 0 Å². The number of aryl methyl sites for hydroxylation is 1. The Morgan fingerprint density at radius 1 is 1.17 bits per heavy atom. The molecule has 2 aromatic carbocycles. The Morgan fingerprint density at radius 3 is 2.50 bits per heavy atom. The standard InChI is InChI=1S/C18H22ClNO3.ClH/c1-14-7-8-18(17(19)11-14)23-13-16(22)12-20(9-10-21)15-5-3-2-4-6-15;/h2-8,11,16,21-22H,9-10,12-13H2,1H3;1H. The Bertz CT molecular complexity index is 610. The van der Waals surface area contributed by atoms with Gasteiger partial charge in [-0.05, 0) is 36.8 Å². The number of anilines is 1. The normalized spacial score (nSPS) is 11.5. The highest BCUT2D eigenvalue weighted by molar-refractivity contribution is 6.32. The third-order valence-corrected chi connectivity index (χ3v) is 3.74.